The molecule has 3 nitrogen and oxygen atoms in total. The molecule has 0 bridgehead atoms. The average molecular weight is 153 g/mol. The van der Waals surface area contributed by atoms with Crippen molar-refractivity contribution in [1.29, 1.82) is 5.26 Å². The zero-order valence-corrected chi connectivity index (χ0v) is 6.34. The van der Waals surface area contributed by atoms with Crippen molar-refractivity contribution < 1.29 is 9.84 Å². The largest absolute Gasteiger partial charge is 0.392 e. The first-order valence-corrected chi connectivity index (χ1v) is 4.01. The van der Waals surface area contributed by atoms with Crippen molar-refractivity contribution >= 4 is 0 Å². The van der Waals surface area contributed by atoms with E-state index in [1.165, 1.54) is 0 Å². The second-order valence-electron chi connectivity index (χ2n) is 3.40. The molecule has 60 valence electrons. The summed E-state index contributed by atoms with van der Waals surface area (Å²) in [5.41, 5.74) is -1.08. The highest BCUT2D eigenvalue weighted by Gasteiger charge is 2.71. The number of rotatable bonds is 1. The maximum absolute atomic E-state index is 8.93. The van der Waals surface area contributed by atoms with Crippen LogP contribution in [0.15, 0.2) is 0 Å². The predicted octanol–water partition coefficient (Wildman–Crippen LogP) is 0.584. The zero-order chi connectivity index (χ0) is 7.95. The van der Waals surface area contributed by atoms with Gasteiger partial charge in [0.15, 0.2) is 0 Å². The molecule has 1 aliphatic heterocycles. The Labute approximate surface area is 65.6 Å². The second-order valence-corrected chi connectivity index (χ2v) is 3.40. The number of nitrogens with zero attached hydrogens (tertiary/aromatic N) is 1. The van der Waals surface area contributed by atoms with E-state index in [9.17, 15) is 0 Å². The molecular formula is C8H11NO2. The van der Waals surface area contributed by atoms with Crippen LogP contribution in [0.3, 0.4) is 0 Å². The van der Waals surface area contributed by atoms with Gasteiger partial charge in [0.05, 0.1) is 6.61 Å². The summed E-state index contributed by atoms with van der Waals surface area (Å²) in [7, 11) is 0. The Bertz CT molecular complexity index is 215. The Balaban J connectivity index is 2.17. The third-order valence-electron chi connectivity index (χ3n) is 2.88. The fourth-order valence-corrected chi connectivity index (χ4v) is 2.10. The molecule has 3 heteroatoms. The van der Waals surface area contributed by atoms with Crippen molar-refractivity contribution in [2.75, 3.05) is 6.61 Å². The fraction of sp³-hybridized carbons (Fsp3) is 0.875. The van der Waals surface area contributed by atoms with Crippen LogP contribution >= 0.6 is 0 Å². The molecule has 1 heterocycles. The molecule has 1 saturated heterocycles. The maximum Gasteiger partial charge on any atom is 0.206 e. The van der Waals surface area contributed by atoms with Crippen LogP contribution in [0, 0.1) is 11.3 Å². The van der Waals surface area contributed by atoms with E-state index >= 15 is 0 Å². The minimum atomic E-state index is -0.830. The lowest BCUT2D eigenvalue weighted by atomic mass is 9.93. The smallest absolute Gasteiger partial charge is 0.206 e. The lowest BCUT2D eigenvalue weighted by molar-refractivity contribution is 0.203. The first kappa shape index (κ1) is 7.08. The van der Waals surface area contributed by atoms with E-state index in [2.05, 4.69) is 6.07 Å². The molecule has 0 aromatic heterocycles. The Hall–Kier alpha value is -0.590. The lowest BCUT2D eigenvalue weighted by Crippen LogP contribution is -2.25. The molecule has 2 fully saturated rings. The van der Waals surface area contributed by atoms with Crippen molar-refractivity contribution in [3.8, 4) is 6.07 Å². The van der Waals surface area contributed by atoms with Crippen LogP contribution in [-0.2, 0) is 4.74 Å². The van der Waals surface area contributed by atoms with Gasteiger partial charge in [0.25, 0.3) is 0 Å². The van der Waals surface area contributed by atoms with Gasteiger partial charge in [-0.15, -0.1) is 0 Å². The third-order valence-corrected chi connectivity index (χ3v) is 2.88. The predicted molar refractivity (Wildman–Crippen MR) is 37.7 cm³/mol. The molecule has 0 unspecified atom stereocenters. The number of aliphatic hydroxyl groups is 1. The topological polar surface area (TPSA) is 56.5 Å². The molecule has 1 N–H and O–H groups in total. The first-order valence-electron chi connectivity index (χ1n) is 4.01. The summed E-state index contributed by atoms with van der Waals surface area (Å²) in [6, 6.07) is 2.06. The average Bonchev–Trinajstić information content (AvgIpc) is 2.37. The highest BCUT2D eigenvalue weighted by atomic mass is 16.6. The van der Waals surface area contributed by atoms with E-state index < -0.39 is 5.60 Å². The van der Waals surface area contributed by atoms with Crippen LogP contribution in [0.25, 0.3) is 0 Å². The zero-order valence-electron chi connectivity index (χ0n) is 6.34. The standard InChI is InChI=1S/C8H11NO2/c9-5-8(6-10)7(11-8)3-1-2-4-7/h10H,1-4,6H2/t8-/m0/s1. The molecule has 0 amide bonds. The molecule has 2 rings (SSSR count). The van der Waals surface area contributed by atoms with Gasteiger partial charge < -0.3 is 9.84 Å². The Morgan fingerprint density at radius 1 is 1.45 bits per heavy atom. The van der Waals surface area contributed by atoms with Crippen LogP contribution in [0.4, 0.5) is 0 Å². The highest BCUT2D eigenvalue weighted by molar-refractivity contribution is 5.28. The molecule has 1 saturated carbocycles. The van der Waals surface area contributed by atoms with E-state index in [1.807, 2.05) is 0 Å². The Morgan fingerprint density at radius 3 is 2.45 bits per heavy atom. The van der Waals surface area contributed by atoms with E-state index in [-0.39, 0.29) is 12.2 Å². The number of nitriles is 1. The first-order chi connectivity index (χ1) is 5.29. The van der Waals surface area contributed by atoms with E-state index in [4.69, 9.17) is 15.1 Å². The van der Waals surface area contributed by atoms with E-state index in [0.717, 1.165) is 25.7 Å². The van der Waals surface area contributed by atoms with Crippen LogP contribution in [0.2, 0.25) is 0 Å². The number of epoxide rings is 1. The van der Waals surface area contributed by atoms with Crippen molar-refractivity contribution in [1.82, 2.24) is 0 Å². The van der Waals surface area contributed by atoms with Gasteiger partial charge in [-0.25, -0.2) is 0 Å². The van der Waals surface area contributed by atoms with Gasteiger partial charge in [0.1, 0.15) is 11.7 Å². The van der Waals surface area contributed by atoms with Crippen molar-refractivity contribution in [3.05, 3.63) is 0 Å². The Morgan fingerprint density at radius 2 is 2.09 bits per heavy atom. The normalized spacial score (nSPS) is 38.9. The molecule has 0 radical (unpaired) electrons. The fourth-order valence-electron chi connectivity index (χ4n) is 2.10. The molecule has 11 heavy (non-hydrogen) atoms. The summed E-state index contributed by atoms with van der Waals surface area (Å²) in [6.07, 6.45) is 4.15. The number of hydrogen-bond acceptors (Lipinski definition) is 3. The van der Waals surface area contributed by atoms with Gasteiger partial charge in [0.2, 0.25) is 5.60 Å². The van der Waals surface area contributed by atoms with Crippen LogP contribution < -0.4 is 0 Å². The summed E-state index contributed by atoms with van der Waals surface area (Å²) in [5, 5.41) is 17.7. The molecule has 1 atom stereocenters. The van der Waals surface area contributed by atoms with E-state index in [1.54, 1.807) is 0 Å². The van der Waals surface area contributed by atoms with Crippen LogP contribution in [-0.4, -0.2) is 22.9 Å². The van der Waals surface area contributed by atoms with Gasteiger partial charge >= 0.3 is 0 Å². The third kappa shape index (κ3) is 0.688. The summed E-state index contributed by atoms with van der Waals surface area (Å²) >= 11 is 0. The van der Waals surface area contributed by atoms with Crippen molar-refractivity contribution in [2.24, 2.45) is 0 Å². The summed E-state index contributed by atoms with van der Waals surface area (Å²) in [5.74, 6) is 0. The monoisotopic (exact) mass is 153 g/mol. The lowest BCUT2D eigenvalue weighted by Gasteiger charge is -2.03. The van der Waals surface area contributed by atoms with Gasteiger partial charge in [-0.1, -0.05) is 12.8 Å². The molecule has 0 aromatic rings. The van der Waals surface area contributed by atoms with E-state index in [0.29, 0.717) is 0 Å². The molecule has 2 aliphatic rings. The minimum absolute atomic E-state index is 0.149. The van der Waals surface area contributed by atoms with Crippen molar-refractivity contribution in [2.45, 2.75) is 36.9 Å². The molecular weight excluding hydrogens is 142 g/mol. The number of hydrogen-bond donors (Lipinski definition) is 1. The second kappa shape index (κ2) is 1.96. The van der Waals surface area contributed by atoms with Gasteiger partial charge in [-0.3, -0.25) is 0 Å². The summed E-state index contributed by atoms with van der Waals surface area (Å²) < 4.78 is 5.34. The number of aliphatic hydroxyl groups excluding tert-OH is 1. The quantitative estimate of drug-likeness (QED) is 0.561. The van der Waals surface area contributed by atoms with Crippen LogP contribution in [0.5, 0.6) is 0 Å². The Kier molecular flexibility index (Phi) is 1.26. The number of ether oxygens (including phenoxy) is 1. The molecule has 1 spiro atoms. The van der Waals surface area contributed by atoms with Gasteiger partial charge in [0, 0.05) is 0 Å². The van der Waals surface area contributed by atoms with Crippen molar-refractivity contribution in [3.63, 3.8) is 0 Å². The molecule has 0 aromatic carbocycles. The van der Waals surface area contributed by atoms with Gasteiger partial charge in [-0.05, 0) is 12.8 Å². The highest BCUT2D eigenvalue weighted by Crippen LogP contribution is 2.57. The summed E-state index contributed by atoms with van der Waals surface area (Å²) in [4.78, 5) is 0. The SMILES string of the molecule is N#C[C@@]1(CO)OC12CCCC2. The summed E-state index contributed by atoms with van der Waals surface area (Å²) in [6.45, 7) is -0.149. The molecule has 1 aliphatic carbocycles. The van der Waals surface area contributed by atoms with Gasteiger partial charge in [-0.2, -0.15) is 5.26 Å². The minimum Gasteiger partial charge on any atom is -0.392 e. The van der Waals surface area contributed by atoms with Crippen LogP contribution in [0.1, 0.15) is 25.7 Å². The maximum atomic E-state index is 8.93.